The highest BCUT2D eigenvalue weighted by atomic mass is 35.5. The van der Waals surface area contributed by atoms with Crippen LogP contribution in [0.1, 0.15) is 6.42 Å². The molecule has 1 fully saturated rings. The minimum atomic E-state index is -1.37. The maximum Gasteiger partial charge on any atom is 0.340 e. The minimum absolute atomic E-state index is 0.230. The SMILES string of the molecule is COC1(OC)C[C@@H](CCl)OC1(OC)OC. The Hall–Kier alpha value is 0.0900. The summed E-state index contributed by atoms with van der Waals surface area (Å²) in [4.78, 5) is 0. The van der Waals surface area contributed by atoms with E-state index in [-0.39, 0.29) is 6.10 Å². The molecule has 0 aromatic heterocycles. The van der Waals surface area contributed by atoms with Crippen molar-refractivity contribution in [2.45, 2.75) is 24.3 Å². The summed E-state index contributed by atoms with van der Waals surface area (Å²) in [7, 11) is 5.95. The summed E-state index contributed by atoms with van der Waals surface area (Å²) >= 11 is 5.74. The summed E-state index contributed by atoms with van der Waals surface area (Å²) in [6.45, 7) is 0. The van der Waals surface area contributed by atoms with Gasteiger partial charge in [-0.1, -0.05) is 0 Å². The van der Waals surface area contributed by atoms with Gasteiger partial charge in [0.25, 0.3) is 5.79 Å². The maximum absolute atomic E-state index is 5.74. The van der Waals surface area contributed by atoms with Crippen LogP contribution >= 0.6 is 11.6 Å². The lowest BCUT2D eigenvalue weighted by atomic mass is 10.1. The zero-order valence-electron chi connectivity index (χ0n) is 9.41. The van der Waals surface area contributed by atoms with Crippen molar-refractivity contribution in [2.75, 3.05) is 34.3 Å². The monoisotopic (exact) mass is 240 g/mol. The van der Waals surface area contributed by atoms with Crippen LogP contribution in [0.4, 0.5) is 0 Å². The molecule has 0 aromatic carbocycles. The highest BCUT2D eigenvalue weighted by Crippen LogP contribution is 2.44. The molecule has 1 aliphatic rings. The third kappa shape index (κ3) is 1.88. The predicted octanol–water partition coefficient (Wildman–Crippen LogP) is 0.950. The first-order valence-electron chi connectivity index (χ1n) is 4.58. The molecule has 0 saturated carbocycles. The Bertz CT molecular complexity index is 183. The predicted molar refractivity (Wildman–Crippen MR) is 53.7 cm³/mol. The molecule has 6 heteroatoms. The summed E-state index contributed by atoms with van der Waals surface area (Å²) in [6, 6.07) is 0. The Balaban J connectivity index is 3.00. The molecule has 1 rings (SSSR count). The van der Waals surface area contributed by atoms with Crippen LogP contribution in [0.5, 0.6) is 0 Å². The Morgan fingerprint density at radius 2 is 1.67 bits per heavy atom. The molecule has 1 heterocycles. The van der Waals surface area contributed by atoms with Gasteiger partial charge in [0.2, 0.25) is 0 Å². The molecule has 1 aliphatic heterocycles. The first kappa shape index (κ1) is 13.2. The quantitative estimate of drug-likeness (QED) is 0.529. The van der Waals surface area contributed by atoms with Gasteiger partial charge < -0.3 is 23.7 Å². The van der Waals surface area contributed by atoms with Crippen molar-refractivity contribution in [3.8, 4) is 0 Å². The van der Waals surface area contributed by atoms with E-state index < -0.39 is 11.8 Å². The van der Waals surface area contributed by atoms with E-state index in [4.69, 9.17) is 35.3 Å². The van der Waals surface area contributed by atoms with Gasteiger partial charge >= 0.3 is 5.97 Å². The number of hydrogen-bond acceptors (Lipinski definition) is 5. The molecule has 0 N–H and O–H groups in total. The smallest absolute Gasteiger partial charge is 0.340 e. The maximum atomic E-state index is 5.74. The third-order valence-corrected chi connectivity index (χ3v) is 3.00. The van der Waals surface area contributed by atoms with Gasteiger partial charge in [-0.2, -0.15) is 0 Å². The van der Waals surface area contributed by atoms with Crippen molar-refractivity contribution in [1.29, 1.82) is 0 Å². The highest BCUT2D eigenvalue weighted by molar-refractivity contribution is 6.18. The van der Waals surface area contributed by atoms with Gasteiger partial charge in [-0.05, 0) is 0 Å². The average Bonchev–Trinajstić information content (AvgIpc) is 2.64. The number of rotatable bonds is 5. The van der Waals surface area contributed by atoms with Crippen molar-refractivity contribution >= 4 is 11.6 Å². The molecule has 0 radical (unpaired) electrons. The fourth-order valence-corrected chi connectivity index (χ4v) is 2.02. The lowest BCUT2D eigenvalue weighted by Crippen LogP contribution is -2.56. The van der Waals surface area contributed by atoms with Gasteiger partial charge in [0, 0.05) is 40.7 Å². The van der Waals surface area contributed by atoms with Gasteiger partial charge in [0.1, 0.15) is 0 Å². The second-order valence-electron chi connectivity index (χ2n) is 3.22. The van der Waals surface area contributed by atoms with Crippen LogP contribution in [0, 0.1) is 0 Å². The van der Waals surface area contributed by atoms with Crippen molar-refractivity contribution in [1.82, 2.24) is 0 Å². The zero-order valence-corrected chi connectivity index (χ0v) is 10.2. The molecular weight excluding hydrogens is 224 g/mol. The minimum Gasteiger partial charge on any atom is -0.347 e. The van der Waals surface area contributed by atoms with Crippen LogP contribution < -0.4 is 0 Å². The van der Waals surface area contributed by atoms with E-state index >= 15 is 0 Å². The molecule has 0 aromatic rings. The first-order valence-corrected chi connectivity index (χ1v) is 5.11. The molecule has 0 aliphatic carbocycles. The normalized spacial score (nSPS) is 28.2. The molecule has 5 nitrogen and oxygen atoms in total. The van der Waals surface area contributed by atoms with Crippen LogP contribution in [0.25, 0.3) is 0 Å². The molecular formula is C9H17ClO5. The Labute approximate surface area is 94.5 Å². The van der Waals surface area contributed by atoms with Gasteiger partial charge in [0.15, 0.2) is 0 Å². The fraction of sp³-hybridized carbons (Fsp3) is 1.00. The largest absolute Gasteiger partial charge is 0.347 e. The fourth-order valence-electron chi connectivity index (χ4n) is 1.85. The van der Waals surface area contributed by atoms with Gasteiger partial charge in [0.05, 0.1) is 6.10 Å². The van der Waals surface area contributed by atoms with Crippen molar-refractivity contribution in [3.63, 3.8) is 0 Å². The standard InChI is InChI=1S/C9H17ClO5/c1-11-8(12-2)5-7(6-10)15-9(8,13-3)14-4/h7H,5-6H2,1-4H3/t7-/m0/s1. The molecule has 0 spiro atoms. The van der Waals surface area contributed by atoms with E-state index in [1.54, 1.807) is 0 Å². The van der Waals surface area contributed by atoms with Crippen molar-refractivity contribution in [3.05, 3.63) is 0 Å². The van der Waals surface area contributed by atoms with Gasteiger partial charge in [-0.3, -0.25) is 0 Å². The number of ether oxygens (including phenoxy) is 5. The summed E-state index contributed by atoms with van der Waals surface area (Å²) in [5, 5.41) is 0. The zero-order chi connectivity index (χ0) is 11.5. The number of halogens is 1. The van der Waals surface area contributed by atoms with E-state index in [9.17, 15) is 0 Å². The lowest BCUT2D eigenvalue weighted by molar-refractivity contribution is -0.451. The molecule has 90 valence electrons. The molecule has 0 bridgehead atoms. The van der Waals surface area contributed by atoms with E-state index in [2.05, 4.69) is 0 Å². The van der Waals surface area contributed by atoms with E-state index in [0.29, 0.717) is 12.3 Å². The number of hydrogen-bond donors (Lipinski definition) is 0. The van der Waals surface area contributed by atoms with Gasteiger partial charge in [-0.15, -0.1) is 11.6 Å². The van der Waals surface area contributed by atoms with Crippen LogP contribution in [0.2, 0.25) is 0 Å². The first-order chi connectivity index (χ1) is 7.13. The summed E-state index contributed by atoms with van der Waals surface area (Å²) in [6.07, 6.45) is 0.219. The Kier molecular flexibility index (Phi) is 4.34. The molecule has 1 atom stereocenters. The van der Waals surface area contributed by atoms with Crippen LogP contribution in [0.15, 0.2) is 0 Å². The topological polar surface area (TPSA) is 46.2 Å². The third-order valence-electron chi connectivity index (χ3n) is 2.65. The van der Waals surface area contributed by atoms with E-state index in [1.165, 1.54) is 28.4 Å². The lowest BCUT2D eigenvalue weighted by Gasteiger charge is -2.38. The molecule has 15 heavy (non-hydrogen) atoms. The highest BCUT2D eigenvalue weighted by Gasteiger charge is 2.63. The second-order valence-corrected chi connectivity index (χ2v) is 3.53. The molecule has 0 unspecified atom stereocenters. The van der Waals surface area contributed by atoms with Crippen molar-refractivity contribution < 1.29 is 23.7 Å². The molecule has 0 amide bonds. The Morgan fingerprint density at radius 3 is 1.93 bits per heavy atom. The van der Waals surface area contributed by atoms with Crippen LogP contribution in [-0.4, -0.2) is 52.2 Å². The van der Waals surface area contributed by atoms with Gasteiger partial charge in [-0.25, -0.2) is 0 Å². The average molecular weight is 241 g/mol. The van der Waals surface area contributed by atoms with Crippen LogP contribution in [0.3, 0.4) is 0 Å². The van der Waals surface area contributed by atoms with Crippen molar-refractivity contribution in [2.24, 2.45) is 0 Å². The Morgan fingerprint density at radius 1 is 1.13 bits per heavy atom. The number of methoxy groups -OCH3 is 4. The molecule has 1 saturated heterocycles. The summed E-state index contributed by atoms with van der Waals surface area (Å²) in [5.41, 5.74) is 0. The summed E-state index contributed by atoms with van der Waals surface area (Å²) in [5.74, 6) is -2.13. The van der Waals surface area contributed by atoms with E-state index in [1.807, 2.05) is 0 Å². The summed E-state index contributed by atoms with van der Waals surface area (Å²) < 4.78 is 26.7. The number of alkyl halides is 1. The van der Waals surface area contributed by atoms with Crippen LogP contribution in [-0.2, 0) is 23.7 Å². The van der Waals surface area contributed by atoms with E-state index in [0.717, 1.165) is 0 Å². The second kappa shape index (κ2) is 4.95.